The number of ether oxygens (including phenoxy) is 1. The molecule has 1 rings (SSSR count). The molecule has 0 saturated heterocycles. The topological polar surface area (TPSA) is 34.1 Å². The minimum atomic E-state index is 0.751. The van der Waals surface area contributed by atoms with Crippen molar-refractivity contribution in [2.75, 3.05) is 26.8 Å². The second-order valence-electron chi connectivity index (χ2n) is 2.89. The van der Waals surface area contributed by atoms with Gasteiger partial charge in [-0.3, -0.25) is 4.98 Å². The predicted molar refractivity (Wildman–Crippen MR) is 58.0 cm³/mol. The first-order valence-corrected chi connectivity index (χ1v) is 4.69. The Kier molecular flexibility index (Phi) is 5.63. The van der Waals surface area contributed by atoms with Gasteiger partial charge in [-0.25, -0.2) is 0 Å². The first kappa shape index (κ1) is 10.9. The molecule has 1 aromatic rings. The van der Waals surface area contributed by atoms with Crippen LogP contribution in [-0.2, 0) is 4.74 Å². The standard InChI is InChI=1S/C11H16N2O/c1-14-9-8-12-6-2-4-11-5-3-7-13-10-11/h2-5,7,10,12H,6,8-9H2,1H3. The monoisotopic (exact) mass is 192 g/mol. The number of rotatable bonds is 6. The van der Waals surface area contributed by atoms with E-state index in [4.69, 9.17) is 4.74 Å². The third-order valence-electron chi connectivity index (χ3n) is 1.74. The summed E-state index contributed by atoms with van der Waals surface area (Å²) < 4.78 is 4.91. The summed E-state index contributed by atoms with van der Waals surface area (Å²) in [7, 11) is 1.70. The lowest BCUT2D eigenvalue weighted by atomic mass is 10.2. The van der Waals surface area contributed by atoms with Crippen LogP contribution in [0.25, 0.3) is 6.08 Å². The number of hydrogen-bond acceptors (Lipinski definition) is 3. The van der Waals surface area contributed by atoms with Gasteiger partial charge in [0, 0.05) is 32.6 Å². The van der Waals surface area contributed by atoms with Gasteiger partial charge in [-0.05, 0) is 11.6 Å². The van der Waals surface area contributed by atoms with Crippen LogP contribution in [0.2, 0.25) is 0 Å². The van der Waals surface area contributed by atoms with Crippen LogP contribution in [0.3, 0.4) is 0 Å². The van der Waals surface area contributed by atoms with E-state index in [2.05, 4.69) is 16.4 Å². The first-order valence-electron chi connectivity index (χ1n) is 4.69. The summed E-state index contributed by atoms with van der Waals surface area (Å²) in [4.78, 5) is 4.02. The molecule has 0 saturated carbocycles. The third-order valence-corrected chi connectivity index (χ3v) is 1.74. The number of pyridine rings is 1. The first-order chi connectivity index (χ1) is 6.93. The Hall–Kier alpha value is -1.19. The lowest BCUT2D eigenvalue weighted by Gasteiger charge is -1.98. The van der Waals surface area contributed by atoms with E-state index < -0.39 is 0 Å². The second kappa shape index (κ2) is 7.24. The lowest BCUT2D eigenvalue weighted by molar-refractivity contribution is 0.200. The molecule has 1 N–H and O–H groups in total. The van der Waals surface area contributed by atoms with Crippen LogP contribution in [0.5, 0.6) is 0 Å². The Labute approximate surface area is 84.8 Å². The third kappa shape index (κ3) is 4.74. The molecule has 76 valence electrons. The molecule has 0 aliphatic rings. The highest BCUT2D eigenvalue weighted by atomic mass is 16.5. The van der Waals surface area contributed by atoms with Gasteiger partial charge in [0.2, 0.25) is 0 Å². The van der Waals surface area contributed by atoms with Crippen LogP contribution in [-0.4, -0.2) is 31.8 Å². The maximum absolute atomic E-state index is 4.91. The van der Waals surface area contributed by atoms with Gasteiger partial charge in [-0.2, -0.15) is 0 Å². The maximum atomic E-state index is 4.91. The van der Waals surface area contributed by atoms with E-state index in [1.54, 1.807) is 13.3 Å². The van der Waals surface area contributed by atoms with Gasteiger partial charge in [0.15, 0.2) is 0 Å². The molecule has 0 radical (unpaired) electrons. The molecular weight excluding hydrogens is 176 g/mol. The summed E-state index contributed by atoms with van der Waals surface area (Å²) in [5.74, 6) is 0. The van der Waals surface area contributed by atoms with Crippen LogP contribution in [0, 0.1) is 0 Å². The summed E-state index contributed by atoms with van der Waals surface area (Å²) in [5.41, 5.74) is 1.13. The molecule has 3 heteroatoms. The van der Waals surface area contributed by atoms with Gasteiger partial charge in [-0.1, -0.05) is 18.2 Å². The zero-order chi connectivity index (χ0) is 10.1. The van der Waals surface area contributed by atoms with Crippen LogP contribution in [0.1, 0.15) is 5.56 Å². The molecule has 0 atom stereocenters. The summed E-state index contributed by atoms with van der Waals surface area (Å²) in [5, 5.41) is 3.22. The lowest BCUT2D eigenvalue weighted by Crippen LogP contribution is -2.18. The average Bonchev–Trinajstić information content (AvgIpc) is 2.25. The highest BCUT2D eigenvalue weighted by Gasteiger charge is 1.84. The van der Waals surface area contributed by atoms with Crippen molar-refractivity contribution in [1.29, 1.82) is 0 Å². The van der Waals surface area contributed by atoms with Crippen molar-refractivity contribution in [2.45, 2.75) is 0 Å². The Bertz CT molecular complexity index is 259. The summed E-state index contributed by atoms with van der Waals surface area (Å²) >= 11 is 0. The van der Waals surface area contributed by atoms with Crippen molar-refractivity contribution in [2.24, 2.45) is 0 Å². The van der Waals surface area contributed by atoms with E-state index in [0.717, 1.165) is 25.3 Å². The van der Waals surface area contributed by atoms with Crippen LogP contribution in [0.4, 0.5) is 0 Å². The summed E-state index contributed by atoms with van der Waals surface area (Å²) in [6.45, 7) is 2.49. The molecule has 0 fully saturated rings. The largest absolute Gasteiger partial charge is 0.383 e. The van der Waals surface area contributed by atoms with E-state index >= 15 is 0 Å². The zero-order valence-electron chi connectivity index (χ0n) is 8.44. The fourth-order valence-electron chi connectivity index (χ4n) is 1.03. The van der Waals surface area contributed by atoms with E-state index in [1.807, 2.05) is 24.4 Å². The molecule has 0 spiro atoms. The van der Waals surface area contributed by atoms with Crippen LogP contribution in [0.15, 0.2) is 30.6 Å². The molecule has 0 aliphatic carbocycles. The molecule has 0 amide bonds. The summed E-state index contributed by atoms with van der Waals surface area (Å²) in [6, 6.07) is 3.96. The summed E-state index contributed by atoms with van der Waals surface area (Å²) in [6.07, 6.45) is 7.74. The van der Waals surface area contributed by atoms with E-state index in [0.29, 0.717) is 0 Å². The number of nitrogens with zero attached hydrogens (tertiary/aromatic N) is 1. The highest BCUT2D eigenvalue weighted by molar-refractivity contribution is 5.47. The SMILES string of the molecule is COCCNCC=Cc1cccnc1. The second-order valence-corrected chi connectivity index (χ2v) is 2.89. The molecule has 1 aromatic heterocycles. The predicted octanol–water partition coefficient (Wildman–Crippen LogP) is 1.33. The molecular formula is C11H16N2O. The average molecular weight is 192 g/mol. The van der Waals surface area contributed by atoms with Crippen molar-refractivity contribution >= 4 is 6.08 Å². The number of nitrogens with one attached hydrogen (secondary N) is 1. The van der Waals surface area contributed by atoms with Crippen LogP contribution >= 0.6 is 0 Å². The minimum Gasteiger partial charge on any atom is -0.383 e. The molecule has 0 aliphatic heterocycles. The molecule has 0 unspecified atom stereocenters. The Morgan fingerprint density at radius 1 is 1.57 bits per heavy atom. The van der Waals surface area contributed by atoms with Gasteiger partial charge in [-0.15, -0.1) is 0 Å². The Morgan fingerprint density at radius 3 is 3.21 bits per heavy atom. The van der Waals surface area contributed by atoms with Gasteiger partial charge < -0.3 is 10.1 Å². The number of aromatic nitrogens is 1. The number of methoxy groups -OCH3 is 1. The fourth-order valence-corrected chi connectivity index (χ4v) is 1.03. The molecule has 1 heterocycles. The zero-order valence-corrected chi connectivity index (χ0v) is 8.44. The van der Waals surface area contributed by atoms with E-state index in [-0.39, 0.29) is 0 Å². The van der Waals surface area contributed by atoms with Crippen molar-refractivity contribution < 1.29 is 4.74 Å². The molecule has 0 bridgehead atoms. The molecule has 0 aromatic carbocycles. The van der Waals surface area contributed by atoms with Crippen LogP contribution < -0.4 is 5.32 Å². The van der Waals surface area contributed by atoms with Gasteiger partial charge >= 0.3 is 0 Å². The van der Waals surface area contributed by atoms with Crippen molar-refractivity contribution in [3.63, 3.8) is 0 Å². The Morgan fingerprint density at radius 2 is 2.50 bits per heavy atom. The maximum Gasteiger partial charge on any atom is 0.0587 e. The quantitative estimate of drug-likeness (QED) is 0.690. The number of hydrogen-bond donors (Lipinski definition) is 1. The van der Waals surface area contributed by atoms with E-state index in [9.17, 15) is 0 Å². The smallest absolute Gasteiger partial charge is 0.0587 e. The van der Waals surface area contributed by atoms with E-state index in [1.165, 1.54) is 0 Å². The highest BCUT2D eigenvalue weighted by Crippen LogP contribution is 1.97. The Balaban J connectivity index is 2.15. The van der Waals surface area contributed by atoms with Gasteiger partial charge in [0.25, 0.3) is 0 Å². The van der Waals surface area contributed by atoms with Crippen molar-refractivity contribution in [1.82, 2.24) is 10.3 Å². The minimum absolute atomic E-state index is 0.751. The molecule has 3 nitrogen and oxygen atoms in total. The van der Waals surface area contributed by atoms with Gasteiger partial charge in [0.1, 0.15) is 0 Å². The normalized spacial score (nSPS) is 10.9. The molecule has 14 heavy (non-hydrogen) atoms. The van der Waals surface area contributed by atoms with Gasteiger partial charge in [0.05, 0.1) is 6.61 Å². The fraction of sp³-hybridized carbons (Fsp3) is 0.364. The van der Waals surface area contributed by atoms with Crippen molar-refractivity contribution in [3.05, 3.63) is 36.2 Å². The van der Waals surface area contributed by atoms with Crippen molar-refractivity contribution in [3.8, 4) is 0 Å².